The smallest absolute Gasteiger partial charge is 0.186 e. The molecule has 0 saturated carbocycles. The van der Waals surface area contributed by atoms with Crippen LogP contribution in [0.25, 0.3) is 0 Å². The van der Waals surface area contributed by atoms with E-state index in [1.165, 1.54) is 0 Å². The number of nitrogens with zero attached hydrogens (tertiary/aromatic N) is 2. The lowest BCUT2D eigenvalue weighted by Crippen LogP contribution is -2.36. The molecule has 17 heavy (non-hydrogen) atoms. The number of aliphatic hydroxyl groups is 1. The molecule has 1 N–H and O–H groups in total. The highest BCUT2D eigenvalue weighted by Gasteiger charge is 2.26. The summed E-state index contributed by atoms with van der Waals surface area (Å²) in [7, 11) is 0. The Hall–Kier alpha value is -0.650. The number of aryl methyl sites for hydroxylation is 1. The molecule has 0 aromatic carbocycles. The Morgan fingerprint density at radius 2 is 2.06 bits per heavy atom. The van der Waals surface area contributed by atoms with Crippen LogP contribution < -0.4 is 4.90 Å². The van der Waals surface area contributed by atoms with E-state index >= 15 is 0 Å². The Balaban J connectivity index is 2.27. The second-order valence-electron chi connectivity index (χ2n) is 4.78. The van der Waals surface area contributed by atoms with Crippen molar-refractivity contribution in [3.05, 3.63) is 10.6 Å². The van der Waals surface area contributed by atoms with E-state index in [-0.39, 0.29) is 0 Å². The van der Waals surface area contributed by atoms with E-state index in [1.54, 1.807) is 11.3 Å². The number of rotatable bonds is 3. The SMILES string of the molecule is CCc1nc(N2CCOCC2)sc1C(C)(C)O. The van der Waals surface area contributed by atoms with Crippen molar-refractivity contribution >= 4 is 16.5 Å². The molecule has 1 aromatic heterocycles. The molecule has 5 heteroatoms. The maximum atomic E-state index is 10.1. The molecule has 1 aliphatic heterocycles. The molecule has 0 aliphatic carbocycles. The average molecular weight is 256 g/mol. The van der Waals surface area contributed by atoms with Crippen LogP contribution in [0.1, 0.15) is 31.3 Å². The first kappa shape index (κ1) is 12.8. The second-order valence-corrected chi connectivity index (χ2v) is 5.76. The predicted octanol–water partition coefficient (Wildman–Crippen LogP) is 1.77. The van der Waals surface area contributed by atoms with E-state index in [9.17, 15) is 5.11 Å². The molecule has 1 aromatic rings. The maximum Gasteiger partial charge on any atom is 0.186 e. The van der Waals surface area contributed by atoms with Gasteiger partial charge in [-0.25, -0.2) is 4.98 Å². The van der Waals surface area contributed by atoms with Crippen LogP contribution in [0.15, 0.2) is 0 Å². The van der Waals surface area contributed by atoms with Gasteiger partial charge in [0.1, 0.15) is 0 Å². The van der Waals surface area contributed by atoms with Crippen LogP contribution in [0.4, 0.5) is 5.13 Å². The fourth-order valence-electron chi connectivity index (χ4n) is 1.95. The van der Waals surface area contributed by atoms with Gasteiger partial charge in [-0.2, -0.15) is 0 Å². The van der Waals surface area contributed by atoms with Gasteiger partial charge in [-0.05, 0) is 20.3 Å². The van der Waals surface area contributed by atoms with Gasteiger partial charge in [0, 0.05) is 13.1 Å². The Morgan fingerprint density at radius 1 is 1.41 bits per heavy atom. The molecule has 0 bridgehead atoms. The fraction of sp³-hybridized carbons (Fsp3) is 0.750. The van der Waals surface area contributed by atoms with Crippen molar-refractivity contribution in [2.24, 2.45) is 0 Å². The second kappa shape index (κ2) is 4.92. The third kappa shape index (κ3) is 2.78. The zero-order valence-electron chi connectivity index (χ0n) is 10.7. The summed E-state index contributed by atoms with van der Waals surface area (Å²) in [6.45, 7) is 9.03. The van der Waals surface area contributed by atoms with Crippen molar-refractivity contribution in [2.75, 3.05) is 31.2 Å². The van der Waals surface area contributed by atoms with Crippen LogP contribution in [-0.4, -0.2) is 36.4 Å². The van der Waals surface area contributed by atoms with Crippen molar-refractivity contribution in [1.82, 2.24) is 4.98 Å². The lowest BCUT2D eigenvalue weighted by Gasteiger charge is -2.26. The van der Waals surface area contributed by atoms with Crippen LogP contribution in [0.2, 0.25) is 0 Å². The standard InChI is InChI=1S/C12H20N2O2S/c1-4-9-10(12(2,3)15)17-11(13-9)14-5-7-16-8-6-14/h15H,4-8H2,1-3H3. The zero-order chi connectivity index (χ0) is 12.5. The van der Waals surface area contributed by atoms with Gasteiger partial charge in [0.15, 0.2) is 5.13 Å². The molecule has 1 fully saturated rings. The molecule has 2 heterocycles. The van der Waals surface area contributed by atoms with Crippen LogP contribution in [0.5, 0.6) is 0 Å². The molecule has 1 aliphatic rings. The van der Waals surface area contributed by atoms with Gasteiger partial charge in [0.25, 0.3) is 0 Å². The minimum Gasteiger partial charge on any atom is -0.385 e. The first-order chi connectivity index (χ1) is 8.02. The highest BCUT2D eigenvalue weighted by molar-refractivity contribution is 7.15. The van der Waals surface area contributed by atoms with E-state index < -0.39 is 5.60 Å². The number of hydrogen-bond donors (Lipinski definition) is 1. The summed E-state index contributed by atoms with van der Waals surface area (Å²) in [6.07, 6.45) is 0.861. The predicted molar refractivity (Wildman–Crippen MR) is 69.8 cm³/mol. The van der Waals surface area contributed by atoms with Gasteiger partial charge in [-0.15, -0.1) is 0 Å². The largest absolute Gasteiger partial charge is 0.385 e. The summed E-state index contributed by atoms with van der Waals surface area (Å²) in [5.74, 6) is 0. The molecule has 0 atom stereocenters. The van der Waals surface area contributed by atoms with Crippen molar-refractivity contribution < 1.29 is 9.84 Å². The highest BCUT2D eigenvalue weighted by Crippen LogP contribution is 2.34. The zero-order valence-corrected chi connectivity index (χ0v) is 11.5. The normalized spacial score (nSPS) is 17.5. The molecule has 4 nitrogen and oxygen atoms in total. The first-order valence-electron chi connectivity index (χ1n) is 6.07. The number of thiazole rings is 1. The quantitative estimate of drug-likeness (QED) is 0.895. The summed E-state index contributed by atoms with van der Waals surface area (Å²) in [5, 5.41) is 11.2. The number of anilines is 1. The Bertz CT molecular complexity index is 378. The molecule has 0 radical (unpaired) electrons. The molecule has 0 spiro atoms. The Morgan fingerprint density at radius 3 is 2.53 bits per heavy atom. The summed E-state index contributed by atoms with van der Waals surface area (Å²) >= 11 is 1.61. The molecule has 0 unspecified atom stereocenters. The van der Waals surface area contributed by atoms with Crippen molar-refractivity contribution in [1.29, 1.82) is 0 Å². The third-order valence-electron chi connectivity index (χ3n) is 2.86. The monoisotopic (exact) mass is 256 g/mol. The summed E-state index contributed by atoms with van der Waals surface area (Å²) < 4.78 is 5.34. The Labute approximate surface area is 106 Å². The molecule has 2 rings (SSSR count). The number of ether oxygens (including phenoxy) is 1. The van der Waals surface area contributed by atoms with Gasteiger partial charge in [0.2, 0.25) is 0 Å². The first-order valence-corrected chi connectivity index (χ1v) is 6.89. The van der Waals surface area contributed by atoms with E-state index in [4.69, 9.17) is 4.74 Å². The number of morpholine rings is 1. The average Bonchev–Trinajstić information content (AvgIpc) is 2.74. The van der Waals surface area contributed by atoms with Crippen LogP contribution in [-0.2, 0) is 16.8 Å². The fourth-order valence-corrected chi connectivity index (χ4v) is 3.15. The van der Waals surface area contributed by atoms with E-state index in [0.29, 0.717) is 0 Å². The molecule has 96 valence electrons. The molecular formula is C12H20N2O2S. The lowest BCUT2D eigenvalue weighted by atomic mass is 10.1. The van der Waals surface area contributed by atoms with Gasteiger partial charge >= 0.3 is 0 Å². The van der Waals surface area contributed by atoms with Crippen molar-refractivity contribution in [3.63, 3.8) is 0 Å². The lowest BCUT2D eigenvalue weighted by molar-refractivity contribution is 0.0814. The molecule has 1 saturated heterocycles. The van der Waals surface area contributed by atoms with Gasteiger partial charge in [0.05, 0.1) is 29.4 Å². The minimum atomic E-state index is -0.798. The number of hydrogen-bond acceptors (Lipinski definition) is 5. The maximum absolute atomic E-state index is 10.1. The highest BCUT2D eigenvalue weighted by atomic mass is 32.1. The van der Waals surface area contributed by atoms with Gasteiger partial charge in [-0.3, -0.25) is 0 Å². The van der Waals surface area contributed by atoms with Crippen LogP contribution in [0.3, 0.4) is 0 Å². The summed E-state index contributed by atoms with van der Waals surface area (Å²) in [5.41, 5.74) is 0.220. The third-order valence-corrected chi connectivity index (χ3v) is 4.33. The summed E-state index contributed by atoms with van der Waals surface area (Å²) in [6, 6.07) is 0. The Kier molecular flexibility index (Phi) is 3.70. The van der Waals surface area contributed by atoms with E-state index in [2.05, 4.69) is 16.8 Å². The topological polar surface area (TPSA) is 45.6 Å². The van der Waals surface area contributed by atoms with Crippen molar-refractivity contribution in [3.8, 4) is 0 Å². The van der Waals surface area contributed by atoms with Gasteiger partial charge < -0.3 is 14.7 Å². The molecular weight excluding hydrogens is 236 g/mol. The van der Waals surface area contributed by atoms with E-state index in [0.717, 1.165) is 48.4 Å². The van der Waals surface area contributed by atoms with Crippen LogP contribution >= 0.6 is 11.3 Å². The summed E-state index contributed by atoms with van der Waals surface area (Å²) in [4.78, 5) is 7.87. The minimum absolute atomic E-state index is 0.763. The van der Waals surface area contributed by atoms with E-state index in [1.807, 2.05) is 13.8 Å². The van der Waals surface area contributed by atoms with Crippen molar-refractivity contribution in [2.45, 2.75) is 32.8 Å². The van der Waals surface area contributed by atoms with Crippen LogP contribution in [0, 0.1) is 0 Å². The number of aromatic nitrogens is 1. The van der Waals surface area contributed by atoms with Gasteiger partial charge in [-0.1, -0.05) is 18.3 Å². The molecule has 0 amide bonds.